The third kappa shape index (κ3) is 5.61. The van der Waals surface area contributed by atoms with Crippen LogP contribution in [0.15, 0.2) is 12.2 Å². The Kier molecular flexibility index (Phi) is 5.70. The van der Waals surface area contributed by atoms with Crippen LogP contribution in [-0.2, 0) is 0 Å². The van der Waals surface area contributed by atoms with Gasteiger partial charge in [-0.25, -0.2) is 0 Å². The van der Waals surface area contributed by atoms with Crippen molar-refractivity contribution in [3.05, 3.63) is 12.2 Å². The lowest BCUT2D eigenvalue weighted by Crippen LogP contribution is -1.78. The summed E-state index contributed by atoms with van der Waals surface area (Å²) in [5, 5.41) is 0. The second kappa shape index (κ2) is 5.87. The molecule has 0 bridgehead atoms. The van der Waals surface area contributed by atoms with Crippen LogP contribution in [0.2, 0.25) is 0 Å². The van der Waals surface area contributed by atoms with E-state index in [-0.39, 0.29) is 0 Å². The van der Waals surface area contributed by atoms with Gasteiger partial charge < -0.3 is 0 Å². The summed E-state index contributed by atoms with van der Waals surface area (Å²) in [6, 6.07) is 0. The molecule has 54 valence electrons. The van der Waals surface area contributed by atoms with Gasteiger partial charge in [-0.2, -0.15) is 0 Å². The molecule has 0 fully saturated rings. The normalized spacial score (nSPS) is 9.56. The lowest BCUT2D eigenvalue weighted by molar-refractivity contribution is 0.703. The summed E-state index contributed by atoms with van der Waals surface area (Å²) >= 11 is 0. The van der Waals surface area contributed by atoms with Gasteiger partial charge in [0.25, 0.3) is 0 Å². The number of unbranched alkanes of at least 4 members (excludes halogenated alkanes) is 2. The Morgan fingerprint density at radius 1 is 1.22 bits per heavy atom. The quantitative estimate of drug-likeness (QED) is 0.390. The monoisotopic (exact) mass is 126 g/mol. The molecule has 0 heteroatoms. The van der Waals surface area contributed by atoms with Gasteiger partial charge >= 0.3 is 0 Å². The first-order valence-corrected chi connectivity index (χ1v) is 3.97. The van der Waals surface area contributed by atoms with E-state index in [1.165, 1.54) is 31.3 Å². The maximum Gasteiger partial charge on any atom is -0.0323 e. The van der Waals surface area contributed by atoms with E-state index < -0.39 is 0 Å². The maximum absolute atomic E-state index is 3.94. The second-order valence-electron chi connectivity index (χ2n) is 2.56. The highest BCUT2D eigenvalue weighted by molar-refractivity contribution is 4.91. The minimum atomic E-state index is 1.16. The van der Waals surface area contributed by atoms with E-state index in [1.807, 2.05) is 0 Å². The predicted molar refractivity (Wildman–Crippen MR) is 43.6 cm³/mol. The van der Waals surface area contributed by atoms with Crippen LogP contribution in [0.25, 0.3) is 0 Å². The first-order valence-electron chi connectivity index (χ1n) is 3.97. The van der Waals surface area contributed by atoms with E-state index in [9.17, 15) is 0 Å². The van der Waals surface area contributed by atoms with Gasteiger partial charge in [0.2, 0.25) is 0 Å². The lowest BCUT2D eigenvalue weighted by atomic mass is 10.1. The summed E-state index contributed by atoms with van der Waals surface area (Å²) in [5.41, 5.74) is 1.41. The zero-order chi connectivity index (χ0) is 7.11. The van der Waals surface area contributed by atoms with Gasteiger partial charge in [-0.1, -0.05) is 38.8 Å². The van der Waals surface area contributed by atoms with E-state index in [1.54, 1.807) is 0 Å². The van der Waals surface area contributed by atoms with Gasteiger partial charge in [-0.05, 0) is 19.3 Å². The molecule has 0 aromatic rings. The molecule has 0 saturated carbocycles. The number of rotatable bonds is 5. The van der Waals surface area contributed by atoms with Crippen molar-refractivity contribution >= 4 is 0 Å². The molecule has 0 aliphatic carbocycles. The van der Waals surface area contributed by atoms with Crippen LogP contribution in [0.5, 0.6) is 0 Å². The molecule has 0 nitrogen and oxygen atoms in total. The number of allylic oxidation sites excluding steroid dienone is 1. The maximum atomic E-state index is 3.94. The van der Waals surface area contributed by atoms with E-state index in [2.05, 4.69) is 20.4 Å². The fourth-order valence-electron chi connectivity index (χ4n) is 0.802. The molecule has 9 heavy (non-hydrogen) atoms. The SMILES string of the molecule is C=C(CC)CCCCC. The second-order valence-corrected chi connectivity index (χ2v) is 2.56. The molecule has 0 atom stereocenters. The Morgan fingerprint density at radius 3 is 2.33 bits per heavy atom. The van der Waals surface area contributed by atoms with Crippen LogP contribution in [-0.4, -0.2) is 0 Å². The fraction of sp³-hybridized carbons (Fsp3) is 0.778. The molecule has 0 unspecified atom stereocenters. The Morgan fingerprint density at radius 2 is 1.89 bits per heavy atom. The van der Waals surface area contributed by atoms with E-state index in [0.29, 0.717) is 0 Å². The summed E-state index contributed by atoms with van der Waals surface area (Å²) in [5.74, 6) is 0. The van der Waals surface area contributed by atoms with Gasteiger partial charge in [-0.3, -0.25) is 0 Å². The molecule has 0 spiro atoms. The van der Waals surface area contributed by atoms with Gasteiger partial charge in [0.1, 0.15) is 0 Å². The van der Waals surface area contributed by atoms with Gasteiger partial charge in [-0.15, -0.1) is 0 Å². The molecular weight excluding hydrogens is 108 g/mol. The minimum absolute atomic E-state index is 1.16. The summed E-state index contributed by atoms with van der Waals surface area (Å²) in [4.78, 5) is 0. The Bertz CT molecular complexity index is 72.1. The summed E-state index contributed by atoms with van der Waals surface area (Å²) < 4.78 is 0. The van der Waals surface area contributed by atoms with Crippen LogP contribution in [0.4, 0.5) is 0 Å². The Balaban J connectivity index is 2.97. The van der Waals surface area contributed by atoms with Gasteiger partial charge in [0, 0.05) is 0 Å². The van der Waals surface area contributed by atoms with Crippen molar-refractivity contribution in [2.45, 2.75) is 46.0 Å². The predicted octanol–water partition coefficient (Wildman–Crippen LogP) is 3.53. The molecule has 0 N–H and O–H groups in total. The molecule has 0 aromatic carbocycles. The molecule has 0 aliphatic heterocycles. The third-order valence-electron chi connectivity index (χ3n) is 1.63. The van der Waals surface area contributed by atoms with Crippen molar-refractivity contribution < 1.29 is 0 Å². The number of hydrogen-bond donors (Lipinski definition) is 0. The molecule has 0 aromatic heterocycles. The topological polar surface area (TPSA) is 0 Å². The average Bonchev–Trinajstić information content (AvgIpc) is 1.89. The van der Waals surface area contributed by atoms with Crippen LogP contribution in [0, 0.1) is 0 Å². The zero-order valence-corrected chi connectivity index (χ0v) is 6.74. The van der Waals surface area contributed by atoms with E-state index in [0.717, 1.165) is 6.42 Å². The smallest absolute Gasteiger partial charge is 0.0323 e. The molecule has 0 amide bonds. The van der Waals surface area contributed by atoms with Crippen molar-refractivity contribution in [1.29, 1.82) is 0 Å². The summed E-state index contributed by atoms with van der Waals surface area (Å²) in [6.45, 7) is 8.35. The van der Waals surface area contributed by atoms with E-state index in [4.69, 9.17) is 0 Å². The average molecular weight is 126 g/mol. The highest BCUT2D eigenvalue weighted by Gasteiger charge is 1.88. The largest absolute Gasteiger partial charge is 0.0999 e. The van der Waals surface area contributed by atoms with Crippen molar-refractivity contribution in [2.75, 3.05) is 0 Å². The molecule has 0 saturated heterocycles. The molecule has 0 rings (SSSR count). The van der Waals surface area contributed by atoms with Crippen LogP contribution < -0.4 is 0 Å². The van der Waals surface area contributed by atoms with E-state index >= 15 is 0 Å². The zero-order valence-electron chi connectivity index (χ0n) is 6.74. The van der Waals surface area contributed by atoms with Crippen LogP contribution in [0.3, 0.4) is 0 Å². The third-order valence-corrected chi connectivity index (χ3v) is 1.63. The standard InChI is InChI=1S/C9H18/c1-4-6-7-8-9(3)5-2/h3-8H2,1-2H3. The first-order chi connectivity index (χ1) is 4.31. The Hall–Kier alpha value is -0.260. The van der Waals surface area contributed by atoms with Crippen molar-refractivity contribution in [3.8, 4) is 0 Å². The minimum Gasteiger partial charge on any atom is -0.0999 e. The van der Waals surface area contributed by atoms with Crippen LogP contribution in [0.1, 0.15) is 46.0 Å². The highest BCUT2D eigenvalue weighted by Crippen LogP contribution is 2.08. The lowest BCUT2D eigenvalue weighted by Gasteiger charge is -1.98. The van der Waals surface area contributed by atoms with Crippen LogP contribution >= 0.6 is 0 Å². The molecule has 0 aliphatic rings. The van der Waals surface area contributed by atoms with Gasteiger partial charge in [0.15, 0.2) is 0 Å². The first kappa shape index (κ1) is 8.74. The van der Waals surface area contributed by atoms with Gasteiger partial charge in [0.05, 0.1) is 0 Å². The fourth-order valence-corrected chi connectivity index (χ4v) is 0.802. The summed E-state index contributed by atoms with van der Waals surface area (Å²) in [6.07, 6.45) is 6.41. The van der Waals surface area contributed by atoms with Crippen molar-refractivity contribution in [1.82, 2.24) is 0 Å². The molecule has 0 radical (unpaired) electrons. The highest BCUT2D eigenvalue weighted by atomic mass is 13.9. The Labute approximate surface area is 59.0 Å². The molecular formula is C9H18. The van der Waals surface area contributed by atoms with Crippen molar-refractivity contribution in [3.63, 3.8) is 0 Å². The number of hydrogen-bond acceptors (Lipinski definition) is 0. The summed E-state index contributed by atoms with van der Waals surface area (Å²) in [7, 11) is 0. The molecule has 0 heterocycles. The van der Waals surface area contributed by atoms with Crippen molar-refractivity contribution in [2.24, 2.45) is 0 Å².